The summed E-state index contributed by atoms with van der Waals surface area (Å²) >= 11 is 0. The molecule has 5 heteroatoms. The maximum Gasteiger partial charge on any atom is 0.191 e. The zero-order valence-electron chi connectivity index (χ0n) is 13.8. The Hall–Kier alpha value is -1.88. The quantitative estimate of drug-likeness (QED) is 0.461. The van der Waals surface area contributed by atoms with Crippen LogP contribution in [0, 0.1) is 5.82 Å². The van der Waals surface area contributed by atoms with Crippen LogP contribution >= 0.6 is 0 Å². The van der Waals surface area contributed by atoms with Crippen LogP contribution in [0.5, 0.6) is 0 Å². The number of nitrogens with zero attached hydrogens (tertiary/aromatic N) is 1. The monoisotopic (exact) mass is 319 g/mol. The summed E-state index contributed by atoms with van der Waals surface area (Å²) in [7, 11) is 0. The molecule has 0 aliphatic carbocycles. The minimum absolute atomic E-state index is 0.187. The van der Waals surface area contributed by atoms with Gasteiger partial charge < -0.3 is 15.4 Å². The first-order valence-corrected chi connectivity index (χ1v) is 8.30. The van der Waals surface area contributed by atoms with E-state index in [0.717, 1.165) is 63.6 Å². The summed E-state index contributed by atoms with van der Waals surface area (Å²) in [5.74, 6) is 0.629. The van der Waals surface area contributed by atoms with Crippen molar-refractivity contribution in [3.8, 4) is 0 Å². The molecule has 4 nitrogen and oxygen atoms in total. The Bertz CT molecular complexity index is 543. The zero-order valence-corrected chi connectivity index (χ0v) is 13.8. The molecule has 0 saturated heterocycles. The summed E-state index contributed by atoms with van der Waals surface area (Å²) in [5, 5.41) is 6.54. The Kier molecular flexibility index (Phi) is 7.60. The number of guanidine groups is 1. The normalized spacial score (nSPS) is 15.2. The van der Waals surface area contributed by atoms with Gasteiger partial charge in [-0.3, -0.25) is 4.99 Å². The van der Waals surface area contributed by atoms with Crippen molar-refractivity contribution < 1.29 is 9.13 Å². The second kappa shape index (κ2) is 10.0. The number of benzene rings is 1. The maximum atomic E-state index is 13.1. The van der Waals surface area contributed by atoms with Crippen LogP contribution < -0.4 is 10.6 Å². The van der Waals surface area contributed by atoms with Gasteiger partial charge in [-0.15, -0.1) is 0 Å². The van der Waals surface area contributed by atoms with E-state index < -0.39 is 0 Å². The molecule has 1 aliphatic heterocycles. The molecule has 0 fully saturated rings. The van der Waals surface area contributed by atoms with Crippen LogP contribution in [-0.2, 0) is 11.2 Å². The fourth-order valence-electron chi connectivity index (χ4n) is 2.46. The van der Waals surface area contributed by atoms with E-state index in [4.69, 9.17) is 4.74 Å². The van der Waals surface area contributed by atoms with Crippen molar-refractivity contribution in [3.63, 3.8) is 0 Å². The Balaban J connectivity index is 1.75. The molecular formula is C18H26FN3O. The van der Waals surface area contributed by atoms with Gasteiger partial charge in [0.2, 0.25) is 0 Å². The molecule has 0 saturated carbocycles. The molecule has 0 spiro atoms. The van der Waals surface area contributed by atoms with Crippen molar-refractivity contribution in [2.75, 3.05) is 32.8 Å². The van der Waals surface area contributed by atoms with Gasteiger partial charge in [0.05, 0.1) is 13.2 Å². The smallest absolute Gasteiger partial charge is 0.191 e. The highest BCUT2D eigenvalue weighted by Crippen LogP contribution is 2.11. The molecular weight excluding hydrogens is 293 g/mol. The van der Waals surface area contributed by atoms with Gasteiger partial charge in [-0.1, -0.05) is 23.8 Å². The number of aliphatic imine (C=N–C) groups is 1. The lowest BCUT2D eigenvalue weighted by atomic mass is 10.1. The van der Waals surface area contributed by atoms with E-state index in [1.807, 2.05) is 13.0 Å². The SMILES string of the molecule is CCNC(=NCCC1=CCOCC1)NCCc1cccc(F)c1. The maximum absolute atomic E-state index is 13.1. The van der Waals surface area contributed by atoms with Crippen LogP contribution in [0.25, 0.3) is 0 Å². The van der Waals surface area contributed by atoms with Crippen LogP contribution in [0.1, 0.15) is 25.3 Å². The second-order valence-corrected chi connectivity index (χ2v) is 5.50. The van der Waals surface area contributed by atoms with E-state index in [1.165, 1.54) is 11.6 Å². The lowest BCUT2D eigenvalue weighted by Gasteiger charge is -2.14. The predicted octanol–water partition coefficient (Wildman–Crippen LogP) is 2.66. The fraction of sp³-hybridized carbons (Fsp3) is 0.500. The summed E-state index contributed by atoms with van der Waals surface area (Å²) in [4.78, 5) is 4.60. The standard InChI is InChI=1S/C18H26FN3O/c1-2-20-18(21-10-6-15-8-12-23-13-9-15)22-11-7-16-4-3-5-17(19)14-16/h3-5,8,14H,2,6-7,9-13H2,1H3,(H2,20,21,22). The summed E-state index contributed by atoms with van der Waals surface area (Å²) in [5.41, 5.74) is 2.41. The molecule has 1 heterocycles. The fourth-order valence-corrected chi connectivity index (χ4v) is 2.46. The Morgan fingerprint density at radius 3 is 2.96 bits per heavy atom. The third-order valence-electron chi connectivity index (χ3n) is 3.70. The lowest BCUT2D eigenvalue weighted by Crippen LogP contribution is -2.38. The summed E-state index contributed by atoms with van der Waals surface area (Å²) in [6, 6.07) is 6.72. The molecule has 1 aliphatic rings. The third kappa shape index (κ3) is 6.82. The van der Waals surface area contributed by atoms with Crippen LogP contribution in [-0.4, -0.2) is 38.8 Å². The molecule has 1 aromatic carbocycles. The van der Waals surface area contributed by atoms with Crippen LogP contribution in [0.15, 0.2) is 40.9 Å². The largest absolute Gasteiger partial charge is 0.377 e. The van der Waals surface area contributed by atoms with Gasteiger partial charge in [-0.2, -0.15) is 0 Å². The zero-order chi connectivity index (χ0) is 16.3. The average molecular weight is 319 g/mol. The van der Waals surface area contributed by atoms with E-state index in [-0.39, 0.29) is 5.82 Å². The van der Waals surface area contributed by atoms with E-state index >= 15 is 0 Å². The highest BCUT2D eigenvalue weighted by atomic mass is 19.1. The van der Waals surface area contributed by atoms with Crippen LogP contribution in [0.2, 0.25) is 0 Å². The Labute approximate surface area is 137 Å². The molecule has 0 radical (unpaired) electrons. The predicted molar refractivity (Wildman–Crippen MR) is 92.2 cm³/mol. The highest BCUT2D eigenvalue weighted by Gasteiger charge is 2.03. The van der Waals surface area contributed by atoms with E-state index in [2.05, 4.69) is 21.7 Å². The number of rotatable bonds is 7. The van der Waals surface area contributed by atoms with Crippen LogP contribution in [0.4, 0.5) is 4.39 Å². The first-order valence-electron chi connectivity index (χ1n) is 8.30. The first-order chi connectivity index (χ1) is 11.3. The van der Waals surface area contributed by atoms with Crippen molar-refractivity contribution >= 4 is 5.96 Å². The number of ether oxygens (including phenoxy) is 1. The molecule has 0 aromatic heterocycles. The molecule has 0 unspecified atom stereocenters. The molecule has 2 rings (SSSR count). The topological polar surface area (TPSA) is 45.7 Å². The van der Waals surface area contributed by atoms with E-state index in [0.29, 0.717) is 0 Å². The molecule has 0 atom stereocenters. The van der Waals surface area contributed by atoms with Crippen molar-refractivity contribution in [2.24, 2.45) is 4.99 Å². The summed E-state index contributed by atoms with van der Waals surface area (Å²) in [6.45, 7) is 5.91. The van der Waals surface area contributed by atoms with Gasteiger partial charge in [0.1, 0.15) is 5.82 Å². The Morgan fingerprint density at radius 2 is 2.22 bits per heavy atom. The highest BCUT2D eigenvalue weighted by molar-refractivity contribution is 5.79. The van der Waals surface area contributed by atoms with Gasteiger partial charge in [0, 0.05) is 19.6 Å². The van der Waals surface area contributed by atoms with Crippen molar-refractivity contribution in [1.29, 1.82) is 0 Å². The number of hydrogen-bond acceptors (Lipinski definition) is 2. The number of halogens is 1. The third-order valence-corrected chi connectivity index (χ3v) is 3.70. The minimum Gasteiger partial charge on any atom is -0.377 e. The van der Waals surface area contributed by atoms with Crippen molar-refractivity contribution in [1.82, 2.24) is 10.6 Å². The molecule has 1 aromatic rings. The lowest BCUT2D eigenvalue weighted by molar-refractivity contribution is 0.153. The van der Waals surface area contributed by atoms with E-state index in [9.17, 15) is 4.39 Å². The molecule has 0 bridgehead atoms. The van der Waals surface area contributed by atoms with Gasteiger partial charge in [-0.25, -0.2) is 4.39 Å². The first kappa shape index (κ1) is 17.5. The average Bonchev–Trinajstić information content (AvgIpc) is 2.56. The number of nitrogens with one attached hydrogen (secondary N) is 2. The molecule has 126 valence electrons. The van der Waals surface area contributed by atoms with Crippen molar-refractivity contribution in [3.05, 3.63) is 47.3 Å². The van der Waals surface area contributed by atoms with Crippen LogP contribution in [0.3, 0.4) is 0 Å². The second-order valence-electron chi connectivity index (χ2n) is 5.50. The summed E-state index contributed by atoms with van der Waals surface area (Å²) < 4.78 is 18.5. The van der Waals surface area contributed by atoms with E-state index in [1.54, 1.807) is 12.1 Å². The minimum atomic E-state index is -0.187. The number of hydrogen-bond donors (Lipinski definition) is 2. The molecule has 23 heavy (non-hydrogen) atoms. The molecule has 0 amide bonds. The van der Waals surface area contributed by atoms with Gasteiger partial charge >= 0.3 is 0 Å². The summed E-state index contributed by atoms with van der Waals surface area (Å²) in [6.07, 6.45) is 4.91. The van der Waals surface area contributed by atoms with Gasteiger partial charge in [-0.05, 0) is 43.9 Å². The van der Waals surface area contributed by atoms with Crippen molar-refractivity contribution in [2.45, 2.75) is 26.2 Å². The van der Waals surface area contributed by atoms with Gasteiger partial charge in [0.25, 0.3) is 0 Å². The van der Waals surface area contributed by atoms with Gasteiger partial charge in [0.15, 0.2) is 5.96 Å². The molecule has 2 N–H and O–H groups in total. The Morgan fingerprint density at radius 1 is 1.30 bits per heavy atom.